The quantitative estimate of drug-likeness (QED) is 0.535. The van der Waals surface area contributed by atoms with Gasteiger partial charge in [-0.3, -0.25) is 10.1 Å². The zero-order chi connectivity index (χ0) is 18.7. The van der Waals surface area contributed by atoms with Crippen LogP contribution in [0.3, 0.4) is 0 Å². The zero-order valence-electron chi connectivity index (χ0n) is 15.1. The number of nitrogens with zero attached hydrogens (tertiary/aromatic N) is 3. The van der Waals surface area contributed by atoms with Crippen LogP contribution in [0, 0.1) is 10.1 Å². The summed E-state index contributed by atoms with van der Waals surface area (Å²) >= 11 is 0. The van der Waals surface area contributed by atoms with E-state index in [1.807, 2.05) is 35.0 Å². The second-order valence-electron chi connectivity index (χ2n) is 7.19. The Morgan fingerprint density at radius 2 is 1.73 bits per heavy atom. The highest BCUT2D eigenvalue weighted by molar-refractivity contribution is 5.48. The van der Waals surface area contributed by atoms with E-state index in [1.54, 1.807) is 12.1 Å². The summed E-state index contributed by atoms with van der Waals surface area (Å²) in [7, 11) is 0. The van der Waals surface area contributed by atoms with Crippen molar-refractivity contribution < 1.29 is 4.92 Å². The van der Waals surface area contributed by atoms with Gasteiger partial charge in [0.2, 0.25) is 0 Å². The van der Waals surface area contributed by atoms with Crippen molar-refractivity contribution in [2.24, 2.45) is 0 Å². The summed E-state index contributed by atoms with van der Waals surface area (Å²) in [6.45, 7) is 6.94. The van der Waals surface area contributed by atoms with E-state index in [-0.39, 0.29) is 11.1 Å². The van der Waals surface area contributed by atoms with E-state index in [0.717, 1.165) is 22.8 Å². The maximum Gasteiger partial charge on any atom is 0.269 e. The van der Waals surface area contributed by atoms with Crippen LogP contribution in [0.15, 0.2) is 60.7 Å². The fraction of sp³-hybridized carbons (Fsp3) is 0.250. The van der Waals surface area contributed by atoms with E-state index >= 15 is 0 Å². The molecule has 134 valence electrons. The van der Waals surface area contributed by atoms with Gasteiger partial charge in [-0.1, -0.05) is 51.1 Å². The topological polar surface area (TPSA) is 73.0 Å². The molecule has 6 heteroatoms. The van der Waals surface area contributed by atoms with Crippen LogP contribution >= 0.6 is 0 Å². The van der Waals surface area contributed by atoms with Crippen LogP contribution in [-0.2, 0) is 12.0 Å². The van der Waals surface area contributed by atoms with Gasteiger partial charge in [-0.05, 0) is 17.7 Å². The molecular weight excluding hydrogens is 328 g/mol. The van der Waals surface area contributed by atoms with Gasteiger partial charge in [0.25, 0.3) is 5.69 Å². The molecule has 0 unspecified atom stereocenters. The third-order valence-corrected chi connectivity index (χ3v) is 4.10. The Hall–Kier alpha value is -3.15. The highest BCUT2D eigenvalue weighted by Crippen LogP contribution is 2.26. The Morgan fingerprint density at radius 3 is 2.31 bits per heavy atom. The van der Waals surface area contributed by atoms with Gasteiger partial charge >= 0.3 is 0 Å². The molecule has 2 aromatic carbocycles. The van der Waals surface area contributed by atoms with Gasteiger partial charge in [0, 0.05) is 30.2 Å². The summed E-state index contributed by atoms with van der Waals surface area (Å²) in [5.74, 6) is 0.888. The van der Waals surface area contributed by atoms with Crippen LogP contribution in [0.2, 0.25) is 0 Å². The number of hydrogen-bond donors (Lipinski definition) is 1. The second-order valence-corrected chi connectivity index (χ2v) is 7.19. The van der Waals surface area contributed by atoms with E-state index in [4.69, 9.17) is 5.10 Å². The van der Waals surface area contributed by atoms with E-state index in [1.165, 1.54) is 12.1 Å². The zero-order valence-corrected chi connectivity index (χ0v) is 15.1. The number of rotatable bonds is 5. The lowest BCUT2D eigenvalue weighted by atomic mass is 9.92. The average Bonchev–Trinajstić information content (AvgIpc) is 3.06. The average molecular weight is 350 g/mol. The molecular formula is C20H22N4O2. The minimum Gasteiger partial charge on any atom is -0.366 e. The Kier molecular flexibility index (Phi) is 4.75. The molecule has 3 rings (SSSR count). The Balaban J connectivity index is 1.86. The van der Waals surface area contributed by atoms with Gasteiger partial charge in [0.1, 0.15) is 5.82 Å². The predicted molar refractivity (Wildman–Crippen MR) is 103 cm³/mol. The van der Waals surface area contributed by atoms with E-state index in [2.05, 4.69) is 32.2 Å². The molecule has 0 radical (unpaired) electrons. The van der Waals surface area contributed by atoms with E-state index in [9.17, 15) is 10.1 Å². The van der Waals surface area contributed by atoms with E-state index < -0.39 is 4.92 Å². The van der Waals surface area contributed by atoms with E-state index in [0.29, 0.717) is 6.54 Å². The molecule has 0 atom stereocenters. The first kappa shape index (κ1) is 17.7. The molecule has 0 fully saturated rings. The number of nitro benzene ring substituents is 1. The molecule has 1 N–H and O–H groups in total. The molecule has 26 heavy (non-hydrogen) atoms. The lowest BCUT2D eigenvalue weighted by molar-refractivity contribution is -0.384. The predicted octanol–water partition coefficient (Wildman–Crippen LogP) is 4.69. The molecule has 0 aliphatic carbocycles. The smallest absolute Gasteiger partial charge is 0.269 e. The van der Waals surface area contributed by atoms with Crippen molar-refractivity contribution in [3.8, 4) is 5.69 Å². The van der Waals surface area contributed by atoms with Crippen molar-refractivity contribution in [3.05, 3.63) is 82.0 Å². The number of non-ortho nitro benzene ring substituents is 1. The molecule has 1 heterocycles. The van der Waals surface area contributed by atoms with Crippen molar-refractivity contribution in [2.45, 2.75) is 32.7 Å². The van der Waals surface area contributed by atoms with Crippen LogP contribution in [0.4, 0.5) is 11.5 Å². The Bertz CT molecular complexity index is 894. The van der Waals surface area contributed by atoms with Crippen LogP contribution in [-0.4, -0.2) is 14.7 Å². The summed E-state index contributed by atoms with van der Waals surface area (Å²) in [6, 6.07) is 18.6. The number of nitro groups is 1. The van der Waals surface area contributed by atoms with Gasteiger partial charge in [-0.25, -0.2) is 4.68 Å². The van der Waals surface area contributed by atoms with Crippen molar-refractivity contribution in [2.75, 3.05) is 5.32 Å². The molecule has 0 aliphatic heterocycles. The first-order chi connectivity index (χ1) is 12.3. The molecule has 0 aliphatic rings. The summed E-state index contributed by atoms with van der Waals surface area (Å²) < 4.78 is 1.89. The van der Waals surface area contributed by atoms with Gasteiger partial charge in [0.15, 0.2) is 0 Å². The van der Waals surface area contributed by atoms with Crippen LogP contribution in [0.25, 0.3) is 5.69 Å². The van der Waals surface area contributed by atoms with Crippen LogP contribution in [0.1, 0.15) is 32.0 Å². The fourth-order valence-corrected chi connectivity index (χ4v) is 2.57. The molecule has 0 bridgehead atoms. The number of aromatic nitrogens is 2. The second kappa shape index (κ2) is 7.00. The molecule has 0 saturated carbocycles. The normalized spacial score (nSPS) is 11.3. The number of hydrogen-bond acceptors (Lipinski definition) is 4. The molecule has 0 amide bonds. The molecule has 0 spiro atoms. The summed E-state index contributed by atoms with van der Waals surface area (Å²) in [5.41, 5.74) is 2.97. The summed E-state index contributed by atoms with van der Waals surface area (Å²) in [6.07, 6.45) is 0. The molecule has 3 aromatic rings. The third-order valence-electron chi connectivity index (χ3n) is 4.10. The minimum absolute atomic E-state index is 0.0657. The standard InChI is InChI=1S/C20H22N4O2/c1-20(2,3)18-13-19(23(22-18)16-7-5-4-6-8-16)21-14-15-9-11-17(12-10-15)24(25)26/h4-13,21H,14H2,1-3H3. The summed E-state index contributed by atoms with van der Waals surface area (Å²) in [4.78, 5) is 10.4. The minimum atomic E-state index is -0.392. The fourth-order valence-electron chi connectivity index (χ4n) is 2.57. The maximum atomic E-state index is 10.8. The van der Waals surface area contributed by atoms with Gasteiger partial charge < -0.3 is 5.32 Å². The monoisotopic (exact) mass is 350 g/mol. The lowest BCUT2D eigenvalue weighted by Crippen LogP contribution is -2.12. The van der Waals surface area contributed by atoms with Crippen molar-refractivity contribution in [1.29, 1.82) is 0 Å². The Labute approximate surface area is 152 Å². The van der Waals surface area contributed by atoms with Crippen molar-refractivity contribution in [1.82, 2.24) is 9.78 Å². The number of para-hydroxylation sites is 1. The van der Waals surface area contributed by atoms with Crippen LogP contribution in [0.5, 0.6) is 0 Å². The van der Waals surface area contributed by atoms with Crippen molar-refractivity contribution >= 4 is 11.5 Å². The SMILES string of the molecule is CC(C)(C)c1cc(NCc2ccc([N+](=O)[O-])cc2)n(-c2ccccc2)n1. The number of benzene rings is 2. The molecule has 1 aromatic heterocycles. The molecule has 0 saturated heterocycles. The number of anilines is 1. The number of nitrogens with one attached hydrogen (secondary N) is 1. The van der Waals surface area contributed by atoms with Crippen molar-refractivity contribution in [3.63, 3.8) is 0 Å². The third kappa shape index (κ3) is 3.91. The van der Waals surface area contributed by atoms with Gasteiger partial charge in [-0.15, -0.1) is 0 Å². The largest absolute Gasteiger partial charge is 0.366 e. The first-order valence-corrected chi connectivity index (χ1v) is 8.48. The summed E-state index contributed by atoms with van der Waals surface area (Å²) in [5, 5.41) is 18.9. The highest BCUT2D eigenvalue weighted by Gasteiger charge is 2.20. The van der Waals surface area contributed by atoms with Gasteiger partial charge in [-0.2, -0.15) is 5.10 Å². The maximum absolute atomic E-state index is 10.8. The highest BCUT2D eigenvalue weighted by atomic mass is 16.6. The lowest BCUT2D eigenvalue weighted by Gasteiger charge is -2.14. The van der Waals surface area contributed by atoms with Crippen LogP contribution < -0.4 is 5.32 Å². The van der Waals surface area contributed by atoms with Gasteiger partial charge in [0.05, 0.1) is 16.3 Å². The Morgan fingerprint density at radius 1 is 1.08 bits per heavy atom. The first-order valence-electron chi connectivity index (χ1n) is 8.48. The molecule has 6 nitrogen and oxygen atoms in total.